The lowest BCUT2D eigenvalue weighted by atomic mass is 9.96. The van der Waals surface area contributed by atoms with Crippen molar-refractivity contribution in [3.05, 3.63) is 47.8 Å². The van der Waals surface area contributed by atoms with Gasteiger partial charge in [0.05, 0.1) is 29.5 Å². The highest BCUT2D eigenvalue weighted by Gasteiger charge is 2.31. The van der Waals surface area contributed by atoms with E-state index in [4.69, 9.17) is 5.11 Å². The number of aryl methyl sites for hydroxylation is 1. The quantitative estimate of drug-likeness (QED) is 0.523. The van der Waals surface area contributed by atoms with Crippen LogP contribution in [0.25, 0.3) is 22.2 Å². The van der Waals surface area contributed by atoms with Crippen molar-refractivity contribution in [2.45, 2.75) is 25.9 Å². The maximum atomic E-state index is 12.5. The number of carbonyl (C=O) groups is 1. The zero-order chi connectivity index (χ0) is 23.5. The summed E-state index contributed by atoms with van der Waals surface area (Å²) in [4.78, 5) is 15.9. The summed E-state index contributed by atoms with van der Waals surface area (Å²) in [7, 11) is 1.75. The molecule has 0 radical (unpaired) electrons. The standard InChI is InChI=1S/C22H20F3N3O4/c1-13(30)26-10-15-9-19(14-3-6-17(7-4-14)32-22(23,24)25)20-21(28(2)12-27-20)18(15)8-5-16(31)11-29/h3-4,6-7,9,12,16,29,31H,10-11H2,1-2H3,(H,26,30)/t16-/m0/s1. The van der Waals surface area contributed by atoms with Gasteiger partial charge in [-0.05, 0) is 29.3 Å². The molecule has 0 saturated carbocycles. The van der Waals surface area contributed by atoms with Gasteiger partial charge in [-0.15, -0.1) is 13.2 Å². The third kappa shape index (κ3) is 5.38. The van der Waals surface area contributed by atoms with Crippen LogP contribution in [0.3, 0.4) is 0 Å². The normalized spacial score (nSPS) is 12.2. The van der Waals surface area contributed by atoms with Gasteiger partial charge in [-0.3, -0.25) is 4.79 Å². The van der Waals surface area contributed by atoms with Gasteiger partial charge in [-0.1, -0.05) is 24.0 Å². The van der Waals surface area contributed by atoms with E-state index in [1.165, 1.54) is 31.2 Å². The Morgan fingerprint density at radius 2 is 2.00 bits per heavy atom. The first-order valence-corrected chi connectivity index (χ1v) is 9.47. The average molecular weight is 447 g/mol. The maximum absolute atomic E-state index is 12.5. The molecule has 3 aromatic rings. The second-order valence-electron chi connectivity index (χ2n) is 6.96. The number of alkyl halides is 3. The number of amides is 1. The van der Waals surface area contributed by atoms with Crippen molar-refractivity contribution >= 4 is 16.9 Å². The Hall–Kier alpha value is -3.55. The topological polar surface area (TPSA) is 96.6 Å². The Labute approximate surface area is 181 Å². The fraction of sp³-hybridized carbons (Fsp3) is 0.273. The molecule has 0 unspecified atom stereocenters. The van der Waals surface area contributed by atoms with Gasteiger partial charge in [0.15, 0.2) is 0 Å². The molecular formula is C22H20F3N3O4. The lowest BCUT2D eigenvalue weighted by Crippen LogP contribution is -2.20. The van der Waals surface area contributed by atoms with E-state index in [-0.39, 0.29) is 18.2 Å². The number of fused-ring (bicyclic) bond motifs is 1. The lowest BCUT2D eigenvalue weighted by Gasteiger charge is -2.13. The van der Waals surface area contributed by atoms with Crippen molar-refractivity contribution in [1.29, 1.82) is 0 Å². The van der Waals surface area contributed by atoms with E-state index in [0.717, 1.165) is 0 Å². The Kier molecular flexibility index (Phi) is 6.72. The van der Waals surface area contributed by atoms with Gasteiger partial charge in [0, 0.05) is 26.1 Å². The van der Waals surface area contributed by atoms with Crippen LogP contribution in [0.1, 0.15) is 18.1 Å². The van der Waals surface area contributed by atoms with Crippen molar-refractivity contribution in [3.8, 4) is 28.7 Å². The second kappa shape index (κ2) is 9.30. The number of aromatic nitrogens is 2. The van der Waals surface area contributed by atoms with Crippen molar-refractivity contribution < 1.29 is 32.9 Å². The van der Waals surface area contributed by atoms with Crippen LogP contribution < -0.4 is 10.1 Å². The highest BCUT2D eigenvalue weighted by atomic mass is 19.4. The summed E-state index contributed by atoms with van der Waals surface area (Å²) in [6, 6.07) is 7.11. The van der Waals surface area contributed by atoms with Gasteiger partial charge >= 0.3 is 6.36 Å². The molecule has 1 atom stereocenters. The Bertz CT molecular complexity index is 1190. The van der Waals surface area contributed by atoms with Crippen LogP contribution in [-0.2, 0) is 18.4 Å². The van der Waals surface area contributed by atoms with Crippen molar-refractivity contribution in [2.75, 3.05) is 6.61 Å². The average Bonchev–Trinajstić information content (AvgIpc) is 3.11. The maximum Gasteiger partial charge on any atom is 0.573 e. The van der Waals surface area contributed by atoms with Crippen molar-refractivity contribution in [1.82, 2.24) is 14.9 Å². The van der Waals surface area contributed by atoms with E-state index in [0.29, 0.717) is 33.3 Å². The highest BCUT2D eigenvalue weighted by molar-refractivity contribution is 5.96. The number of aliphatic hydroxyl groups is 2. The molecule has 3 rings (SSSR count). The SMILES string of the molecule is CC(=O)NCc1cc(-c2ccc(OC(F)(F)F)cc2)c2ncn(C)c2c1C#C[C@H](O)CO. The van der Waals surface area contributed by atoms with Gasteiger partial charge in [0.2, 0.25) is 5.91 Å². The zero-order valence-electron chi connectivity index (χ0n) is 17.2. The van der Waals surface area contributed by atoms with E-state index in [2.05, 4.69) is 26.9 Å². The fourth-order valence-electron chi connectivity index (χ4n) is 3.14. The molecule has 0 fully saturated rings. The number of halogens is 3. The third-order valence-electron chi connectivity index (χ3n) is 4.53. The molecule has 0 aliphatic heterocycles. The summed E-state index contributed by atoms with van der Waals surface area (Å²) >= 11 is 0. The minimum atomic E-state index is -4.79. The molecule has 0 saturated heterocycles. The largest absolute Gasteiger partial charge is 0.573 e. The van der Waals surface area contributed by atoms with Crippen molar-refractivity contribution in [2.24, 2.45) is 7.05 Å². The molecule has 1 amide bonds. The van der Waals surface area contributed by atoms with Crippen LogP contribution in [0.15, 0.2) is 36.7 Å². The number of benzene rings is 2. The molecule has 168 valence electrons. The summed E-state index contributed by atoms with van der Waals surface area (Å²) < 4.78 is 43.0. The molecule has 0 spiro atoms. The first-order chi connectivity index (χ1) is 15.1. The zero-order valence-corrected chi connectivity index (χ0v) is 17.2. The van der Waals surface area contributed by atoms with E-state index in [1.54, 1.807) is 24.0 Å². The molecule has 10 heteroatoms. The number of carbonyl (C=O) groups excluding carboxylic acids is 1. The predicted octanol–water partition coefficient (Wildman–Crippen LogP) is 2.48. The number of hydrogen-bond donors (Lipinski definition) is 3. The molecular weight excluding hydrogens is 427 g/mol. The number of imidazole rings is 1. The first-order valence-electron chi connectivity index (χ1n) is 9.47. The number of nitrogens with zero attached hydrogens (tertiary/aromatic N) is 2. The minimum absolute atomic E-state index is 0.123. The molecule has 32 heavy (non-hydrogen) atoms. The predicted molar refractivity (Wildman–Crippen MR) is 110 cm³/mol. The van der Waals surface area contributed by atoms with E-state index >= 15 is 0 Å². The summed E-state index contributed by atoms with van der Waals surface area (Å²) in [5, 5.41) is 21.4. The molecule has 0 bridgehead atoms. The van der Waals surface area contributed by atoms with Crippen LogP contribution in [0.4, 0.5) is 13.2 Å². The molecule has 2 aromatic carbocycles. The highest BCUT2D eigenvalue weighted by Crippen LogP contribution is 2.34. The number of aliphatic hydroxyl groups excluding tert-OH is 2. The first kappa shape index (κ1) is 23.1. The fourth-order valence-corrected chi connectivity index (χ4v) is 3.14. The van der Waals surface area contributed by atoms with Gasteiger partial charge in [0.1, 0.15) is 11.9 Å². The third-order valence-corrected chi connectivity index (χ3v) is 4.53. The minimum Gasteiger partial charge on any atom is -0.406 e. The van der Waals surface area contributed by atoms with Crippen LogP contribution >= 0.6 is 0 Å². The van der Waals surface area contributed by atoms with E-state index in [9.17, 15) is 23.1 Å². The van der Waals surface area contributed by atoms with Gasteiger partial charge < -0.3 is 24.8 Å². The van der Waals surface area contributed by atoms with Crippen LogP contribution in [-0.4, -0.2) is 44.7 Å². The molecule has 1 heterocycles. The smallest absolute Gasteiger partial charge is 0.406 e. The molecule has 0 aliphatic carbocycles. The van der Waals surface area contributed by atoms with Gasteiger partial charge in [0.25, 0.3) is 0 Å². The number of hydrogen-bond acceptors (Lipinski definition) is 5. The van der Waals surface area contributed by atoms with Crippen molar-refractivity contribution in [3.63, 3.8) is 0 Å². The van der Waals surface area contributed by atoms with Gasteiger partial charge in [-0.2, -0.15) is 0 Å². The summed E-state index contributed by atoms with van der Waals surface area (Å²) in [5.74, 6) is 4.79. The molecule has 0 aliphatic rings. The number of nitrogens with one attached hydrogen (secondary N) is 1. The molecule has 7 nitrogen and oxygen atoms in total. The Balaban J connectivity index is 2.17. The Morgan fingerprint density at radius 3 is 2.59 bits per heavy atom. The molecule has 1 aromatic heterocycles. The van der Waals surface area contributed by atoms with Gasteiger partial charge in [-0.25, -0.2) is 4.98 Å². The van der Waals surface area contributed by atoms with Crippen LogP contribution in [0, 0.1) is 11.8 Å². The lowest BCUT2D eigenvalue weighted by molar-refractivity contribution is -0.274. The summed E-state index contributed by atoms with van der Waals surface area (Å²) in [6.07, 6.45) is -4.47. The number of ether oxygens (including phenoxy) is 1. The monoisotopic (exact) mass is 447 g/mol. The Morgan fingerprint density at radius 1 is 1.31 bits per heavy atom. The summed E-state index contributed by atoms with van der Waals surface area (Å²) in [6.45, 7) is 0.953. The van der Waals surface area contributed by atoms with Crippen LogP contribution in [0.5, 0.6) is 5.75 Å². The number of rotatable bonds is 5. The van der Waals surface area contributed by atoms with E-state index < -0.39 is 19.1 Å². The molecule has 3 N–H and O–H groups in total. The summed E-state index contributed by atoms with van der Waals surface area (Å²) in [5.41, 5.74) is 3.46. The van der Waals surface area contributed by atoms with E-state index in [1.807, 2.05) is 0 Å². The second-order valence-corrected chi connectivity index (χ2v) is 6.96. The van der Waals surface area contributed by atoms with Crippen LogP contribution in [0.2, 0.25) is 0 Å².